The van der Waals surface area contributed by atoms with Crippen molar-refractivity contribution in [2.45, 2.75) is 45.2 Å². The molecule has 1 N–H and O–H groups in total. The van der Waals surface area contributed by atoms with Crippen LogP contribution in [0.4, 0.5) is 0 Å². The Morgan fingerprint density at radius 2 is 2.22 bits per heavy atom. The summed E-state index contributed by atoms with van der Waals surface area (Å²) < 4.78 is 3.78. The topological polar surface area (TPSA) is 83.4 Å². The molecule has 0 radical (unpaired) electrons. The lowest BCUT2D eigenvalue weighted by Crippen LogP contribution is -2.44. The van der Waals surface area contributed by atoms with Crippen molar-refractivity contribution in [1.82, 2.24) is 14.5 Å². The predicted molar refractivity (Wildman–Crippen MR) is 65.6 cm³/mol. The Hall–Kier alpha value is -1.50. The summed E-state index contributed by atoms with van der Waals surface area (Å²) in [4.78, 5) is 25.4. The smallest absolute Gasteiger partial charge is 0.326 e. The molecule has 0 spiro atoms. The fourth-order valence-corrected chi connectivity index (χ4v) is 2.54. The summed E-state index contributed by atoms with van der Waals surface area (Å²) in [5, 5.41) is 13.0. The molecule has 0 aromatic carbocycles. The van der Waals surface area contributed by atoms with Crippen LogP contribution in [0.15, 0.2) is 0 Å². The van der Waals surface area contributed by atoms with Gasteiger partial charge in [0.1, 0.15) is 10.9 Å². The van der Waals surface area contributed by atoms with Crippen LogP contribution in [0.5, 0.6) is 0 Å². The molecule has 7 heteroatoms. The average molecular weight is 269 g/mol. The van der Waals surface area contributed by atoms with Crippen molar-refractivity contribution in [3.63, 3.8) is 0 Å². The number of carboxylic acids is 1. The number of rotatable bonds is 5. The molecule has 0 saturated heterocycles. The third-order valence-electron chi connectivity index (χ3n) is 3.03. The molecule has 1 aromatic heterocycles. The van der Waals surface area contributed by atoms with E-state index in [1.807, 2.05) is 6.92 Å². The first kappa shape index (κ1) is 12.9. The second kappa shape index (κ2) is 5.01. The summed E-state index contributed by atoms with van der Waals surface area (Å²) in [5.74, 6) is -1.23. The van der Waals surface area contributed by atoms with Crippen molar-refractivity contribution < 1.29 is 14.7 Å². The van der Waals surface area contributed by atoms with Gasteiger partial charge in [0.05, 0.1) is 5.69 Å². The Balaban J connectivity index is 2.26. The van der Waals surface area contributed by atoms with Crippen molar-refractivity contribution in [3.05, 3.63) is 10.6 Å². The Morgan fingerprint density at radius 1 is 1.56 bits per heavy atom. The monoisotopic (exact) mass is 269 g/mol. The van der Waals surface area contributed by atoms with Crippen molar-refractivity contribution in [2.75, 3.05) is 0 Å². The van der Waals surface area contributed by atoms with Crippen molar-refractivity contribution in [3.8, 4) is 0 Å². The SMILES string of the molecule is CCc1nnsc1C(=O)N(C1CC1)C(C)C(=O)O. The zero-order valence-electron chi connectivity index (χ0n) is 10.3. The number of nitrogens with zero attached hydrogens (tertiary/aromatic N) is 3. The Morgan fingerprint density at radius 3 is 2.72 bits per heavy atom. The van der Waals surface area contributed by atoms with Crippen LogP contribution in [0, 0.1) is 0 Å². The maximum atomic E-state index is 12.4. The third kappa shape index (κ3) is 2.35. The molecular weight excluding hydrogens is 254 g/mol. The highest BCUT2D eigenvalue weighted by Crippen LogP contribution is 2.31. The molecule has 1 aromatic rings. The summed E-state index contributed by atoms with van der Waals surface area (Å²) in [7, 11) is 0. The quantitative estimate of drug-likeness (QED) is 0.867. The van der Waals surface area contributed by atoms with Gasteiger partial charge in [0, 0.05) is 6.04 Å². The highest BCUT2D eigenvalue weighted by atomic mass is 32.1. The van der Waals surface area contributed by atoms with Crippen LogP contribution in [0.2, 0.25) is 0 Å². The molecule has 1 aliphatic rings. The lowest BCUT2D eigenvalue weighted by molar-refractivity contribution is -0.141. The van der Waals surface area contributed by atoms with Crippen LogP contribution >= 0.6 is 11.5 Å². The number of aromatic nitrogens is 2. The second-order valence-corrected chi connectivity index (χ2v) is 5.11. The minimum Gasteiger partial charge on any atom is -0.480 e. The van der Waals surface area contributed by atoms with Gasteiger partial charge in [-0.1, -0.05) is 11.4 Å². The zero-order valence-corrected chi connectivity index (χ0v) is 11.1. The minimum atomic E-state index is -0.981. The van der Waals surface area contributed by atoms with E-state index in [0.717, 1.165) is 24.4 Å². The maximum Gasteiger partial charge on any atom is 0.326 e. The van der Waals surface area contributed by atoms with Crippen LogP contribution < -0.4 is 0 Å². The third-order valence-corrected chi connectivity index (χ3v) is 3.79. The number of hydrogen-bond donors (Lipinski definition) is 1. The van der Waals surface area contributed by atoms with Crippen LogP contribution in [-0.4, -0.2) is 43.6 Å². The number of carboxylic acid groups (broad SMARTS) is 1. The molecule has 0 bridgehead atoms. The molecule has 1 fully saturated rings. The van der Waals surface area contributed by atoms with Crippen molar-refractivity contribution in [2.24, 2.45) is 0 Å². The summed E-state index contributed by atoms with van der Waals surface area (Å²) in [6, 6.07) is -0.757. The zero-order chi connectivity index (χ0) is 13.3. The van der Waals surface area contributed by atoms with Gasteiger partial charge in [-0.3, -0.25) is 4.79 Å². The highest BCUT2D eigenvalue weighted by molar-refractivity contribution is 7.08. The molecule has 1 heterocycles. The fourth-order valence-electron chi connectivity index (χ4n) is 1.85. The van der Waals surface area contributed by atoms with E-state index in [-0.39, 0.29) is 11.9 Å². The number of carbonyl (C=O) groups excluding carboxylic acids is 1. The summed E-state index contributed by atoms with van der Waals surface area (Å²) in [6.07, 6.45) is 2.37. The number of aryl methyl sites for hydroxylation is 1. The lowest BCUT2D eigenvalue weighted by Gasteiger charge is -2.25. The number of carbonyl (C=O) groups is 2. The molecule has 0 aliphatic heterocycles. The van der Waals surface area contributed by atoms with Gasteiger partial charge in [-0.15, -0.1) is 5.10 Å². The van der Waals surface area contributed by atoms with Gasteiger partial charge in [0.2, 0.25) is 0 Å². The van der Waals surface area contributed by atoms with Crippen LogP contribution in [0.25, 0.3) is 0 Å². The predicted octanol–water partition coefficient (Wildman–Crippen LogP) is 1.18. The van der Waals surface area contributed by atoms with E-state index in [1.54, 1.807) is 6.92 Å². The number of aliphatic carboxylic acids is 1. The van der Waals surface area contributed by atoms with E-state index >= 15 is 0 Å². The van der Waals surface area contributed by atoms with Crippen molar-refractivity contribution in [1.29, 1.82) is 0 Å². The van der Waals surface area contributed by atoms with Crippen LogP contribution in [0.1, 0.15) is 42.1 Å². The lowest BCUT2D eigenvalue weighted by atomic mass is 10.2. The van der Waals surface area contributed by atoms with Gasteiger partial charge in [-0.25, -0.2) is 4.79 Å². The van der Waals surface area contributed by atoms with Crippen LogP contribution in [0.3, 0.4) is 0 Å². The molecule has 1 amide bonds. The van der Waals surface area contributed by atoms with E-state index < -0.39 is 12.0 Å². The largest absolute Gasteiger partial charge is 0.480 e. The normalized spacial score (nSPS) is 16.3. The van der Waals surface area contributed by atoms with Crippen molar-refractivity contribution >= 4 is 23.4 Å². The summed E-state index contributed by atoms with van der Waals surface area (Å²) in [5.41, 5.74) is 0.647. The molecule has 1 unspecified atom stereocenters. The molecule has 1 aliphatic carbocycles. The van der Waals surface area contributed by atoms with Gasteiger partial charge in [-0.05, 0) is 37.7 Å². The second-order valence-electron chi connectivity index (χ2n) is 4.36. The van der Waals surface area contributed by atoms with E-state index in [0.29, 0.717) is 17.0 Å². The standard InChI is InChI=1S/C11H15N3O3S/c1-3-8-9(18-13-12-8)10(15)14(7-4-5-7)6(2)11(16)17/h6-7H,3-5H2,1-2H3,(H,16,17). The molecule has 2 rings (SSSR count). The molecule has 1 atom stereocenters. The van der Waals surface area contributed by atoms with Gasteiger partial charge >= 0.3 is 5.97 Å². The van der Waals surface area contributed by atoms with Gasteiger partial charge in [-0.2, -0.15) is 0 Å². The van der Waals surface area contributed by atoms with Gasteiger partial charge < -0.3 is 10.0 Å². The van der Waals surface area contributed by atoms with Gasteiger partial charge in [0.25, 0.3) is 5.91 Å². The molecular formula is C11H15N3O3S. The molecule has 1 saturated carbocycles. The van der Waals surface area contributed by atoms with E-state index in [4.69, 9.17) is 5.11 Å². The van der Waals surface area contributed by atoms with E-state index in [2.05, 4.69) is 9.59 Å². The Kier molecular flexibility index (Phi) is 3.60. The summed E-state index contributed by atoms with van der Waals surface area (Å²) in [6.45, 7) is 3.44. The highest BCUT2D eigenvalue weighted by Gasteiger charge is 2.40. The fraction of sp³-hybridized carbons (Fsp3) is 0.636. The first-order valence-electron chi connectivity index (χ1n) is 5.93. The van der Waals surface area contributed by atoms with E-state index in [9.17, 15) is 9.59 Å². The van der Waals surface area contributed by atoms with Crippen LogP contribution in [-0.2, 0) is 11.2 Å². The molecule has 18 heavy (non-hydrogen) atoms. The first-order valence-corrected chi connectivity index (χ1v) is 6.70. The molecule has 98 valence electrons. The molecule has 6 nitrogen and oxygen atoms in total. The first-order chi connectivity index (χ1) is 8.56. The Bertz CT molecular complexity index is 470. The summed E-state index contributed by atoms with van der Waals surface area (Å²) >= 11 is 1.04. The maximum absolute atomic E-state index is 12.4. The average Bonchev–Trinajstić information content (AvgIpc) is 3.05. The Labute approximate surface area is 109 Å². The number of hydrogen-bond acceptors (Lipinski definition) is 5. The van der Waals surface area contributed by atoms with Gasteiger partial charge in [0.15, 0.2) is 0 Å². The minimum absolute atomic E-state index is 0.0513. The van der Waals surface area contributed by atoms with E-state index in [1.165, 1.54) is 4.90 Å². The number of amides is 1.